The van der Waals surface area contributed by atoms with Gasteiger partial charge in [-0.15, -0.1) is 11.3 Å². The maximum atomic E-state index is 12.7. The van der Waals surface area contributed by atoms with Crippen LogP contribution in [0.2, 0.25) is 5.02 Å². The number of hydrogen-bond donors (Lipinski definition) is 1. The number of nitrogens with zero attached hydrogens (tertiary/aromatic N) is 5. The van der Waals surface area contributed by atoms with Crippen molar-refractivity contribution in [3.63, 3.8) is 0 Å². The third kappa shape index (κ3) is 5.70. The predicted octanol–water partition coefficient (Wildman–Crippen LogP) is 7.56. The van der Waals surface area contributed by atoms with E-state index in [9.17, 15) is 9.90 Å². The van der Waals surface area contributed by atoms with Crippen molar-refractivity contribution in [2.24, 2.45) is 7.05 Å². The van der Waals surface area contributed by atoms with Crippen LogP contribution >= 0.6 is 22.9 Å². The third-order valence-corrected chi connectivity index (χ3v) is 9.68. The molecule has 0 radical (unpaired) electrons. The first kappa shape index (κ1) is 30.5. The molecule has 3 heterocycles. The highest BCUT2D eigenvalue weighted by Crippen LogP contribution is 2.45. The van der Waals surface area contributed by atoms with Crippen LogP contribution in [0.25, 0.3) is 42.8 Å². The maximum absolute atomic E-state index is 12.7. The number of rotatable bonds is 7. The Morgan fingerprint density at radius 3 is 2.48 bits per heavy atom. The van der Waals surface area contributed by atoms with Gasteiger partial charge in [-0.25, -0.2) is 9.78 Å². The average molecular weight is 632 g/mol. The van der Waals surface area contributed by atoms with Crippen LogP contribution in [0, 0.1) is 6.92 Å². The lowest BCUT2D eigenvalue weighted by Gasteiger charge is -2.28. The van der Waals surface area contributed by atoms with Gasteiger partial charge in [-0.3, -0.25) is 4.68 Å². The van der Waals surface area contributed by atoms with Gasteiger partial charge in [0.05, 0.1) is 21.3 Å². The van der Waals surface area contributed by atoms with Gasteiger partial charge in [-0.2, -0.15) is 5.10 Å². The summed E-state index contributed by atoms with van der Waals surface area (Å²) in [7, 11) is 6.26. The molecule has 0 saturated carbocycles. The molecule has 2 aromatic heterocycles. The van der Waals surface area contributed by atoms with Crippen molar-refractivity contribution < 1.29 is 14.6 Å². The van der Waals surface area contributed by atoms with Crippen LogP contribution in [-0.2, 0) is 16.6 Å². The molecule has 6 rings (SSSR count). The number of ether oxygens (including phenoxy) is 1. The zero-order chi connectivity index (χ0) is 31.5. The van der Waals surface area contributed by atoms with E-state index in [2.05, 4.69) is 42.1 Å². The van der Waals surface area contributed by atoms with Gasteiger partial charge in [0.25, 0.3) is 0 Å². The molecule has 8 nitrogen and oxygen atoms in total. The van der Waals surface area contributed by atoms with Gasteiger partial charge in [0.2, 0.25) is 0 Å². The zero-order valence-electron chi connectivity index (χ0n) is 26.2. The molecule has 5 aromatic rings. The number of carboxylic acids is 1. The summed E-state index contributed by atoms with van der Waals surface area (Å²) in [6.07, 6.45) is -0.0509. The van der Waals surface area contributed by atoms with E-state index in [0.29, 0.717) is 16.6 Å². The Hall–Kier alpha value is -3.50. The van der Waals surface area contributed by atoms with Crippen LogP contribution in [0.3, 0.4) is 0 Å². The number of halogens is 1. The molecule has 3 aromatic carbocycles. The van der Waals surface area contributed by atoms with E-state index in [1.165, 1.54) is 0 Å². The first-order valence-corrected chi connectivity index (χ1v) is 16.0. The number of aromatic nitrogens is 3. The van der Waals surface area contributed by atoms with Crippen LogP contribution < -0.4 is 4.90 Å². The van der Waals surface area contributed by atoms with Gasteiger partial charge in [-0.05, 0) is 95.7 Å². The minimum atomic E-state index is -1.16. The Labute approximate surface area is 266 Å². The molecule has 0 bridgehead atoms. The fraction of sp³-hybridized carbons (Fsp3) is 0.382. The highest BCUT2D eigenvalue weighted by atomic mass is 35.5. The number of hydrogen-bond acceptors (Lipinski definition) is 7. The quantitative estimate of drug-likeness (QED) is 0.198. The Morgan fingerprint density at radius 1 is 1.14 bits per heavy atom. The monoisotopic (exact) mass is 631 g/mol. The summed E-state index contributed by atoms with van der Waals surface area (Å²) in [5.41, 5.74) is 5.34. The fourth-order valence-corrected chi connectivity index (χ4v) is 7.38. The summed E-state index contributed by atoms with van der Waals surface area (Å²) in [4.78, 5) is 22.4. The smallest absolute Gasteiger partial charge is 0.337 e. The van der Waals surface area contributed by atoms with Crippen LogP contribution in [0.1, 0.15) is 44.4 Å². The molecule has 0 aliphatic carbocycles. The molecule has 1 saturated heterocycles. The number of carbonyl (C=O) groups is 1. The molecule has 0 unspecified atom stereocenters. The van der Waals surface area contributed by atoms with Gasteiger partial charge in [0.15, 0.2) is 11.9 Å². The number of aliphatic carboxylic acids is 1. The van der Waals surface area contributed by atoms with E-state index in [0.717, 1.165) is 73.7 Å². The van der Waals surface area contributed by atoms with Crippen molar-refractivity contribution in [1.29, 1.82) is 0 Å². The number of thiazole rings is 1. The highest BCUT2D eigenvalue weighted by Gasteiger charge is 2.33. The lowest BCUT2D eigenvalue weighted by atomic mass is 9.91. The molecule has 2 atom stereocenters. The number of fused-ring (bicyclic) bond motifs is 2. The van der Waals surface area contributed by atoms with E-state index >= 15 is 0 Å². The molecule has 0 amide bonds. The average Bonchev–Trinajstić information content (AvgIpc) is 3.68. The summed E-state index contributed by atoms with van der Waals surface area (Å²) in [5, 5.41) is 17.9. The Balaban J connectivity index is 1.52. The molecule has 10 heteroatoms. The topological polar surface area (TPSA) is 83.7 Å². The standard InChI is InChI=1S/C34H38ClN5O3S/c1-19-16-25-30(28(20-8-11-22(35)12-9-20)27(19)29(33(41)42)43-34(2,3)4)44-32(36-25)21-10-13-26-24(17-21)31(37-39(26)7)40-15-14-23(18-40)38(5)6/h8-13,16-17,23,29H,14-15,18H2,1-7H3,(H,41,42)/t23-,29-/m0/s1. The van der Waals surface area contributed by atoms with Crippen molar-refractivity contribution in [2.75, 3.05) is 32.1 Å². The second kappa shape index (κ2) is 11.5. The summed E-state index contributed by atoms with van der Waals surface area (Å²) in [6, 6.07) is 16.4. The van der Waals surface area contributed by atoms with Gasteiger partial charge in [0.1, 0.15) is 5.01 Å². The number of anilines is 1. The summed E-state index contributed by atoms with van der Waals surface area (Å²) < 4.78 is 9.03. The molecular formula is C34H38ClN5O3S. The van der Waals surface area contributed by atoms with E-state index in [1.54, 1.807) is 11.3 Å². The van der Waals surface area contributed by atoms with Crippen molar-refractivity contribution >= 4 is 55.8 Å². The van der Waals surface area contributed by atoms with E-state index in [1.807, 2.05) is 69.8 Å². The fourth-order valence-electron chi connectivity index (χ4n) is 6.13. The van der Waals surface area contributed by atoms with Crippen LogP contribution in [0.5, 0.6) is 0 Å². The molecule has 1 aliphatic heterocycles. The van der Waals surface area contributed by atoms with Crippen molar-refractivity contribution in [3.8, 4) is 21.7 Å². The number of aryl methyl sites for hydroxylation is 2. The van der Waals surface area contributed by atoms with E-state index in [-0.39, 0.29) is 0 Å². The largest absolute Gasteiger partial charge is 0.479 e. The third-order valence-electron chi connectivity index (χ3n) is 8.29. The van der Waals surface area contributed by atoms with Gasteiger partial charge in [0, 0.05) is 53.3 Å². The first-order valence-electron chi connectivity index (χ1n) is 14.8. The van der Waals surface area contributed by atoms with Gasteiger partial charge < -0.3 is 19.6 Å². The summed E-state index contributed by atoms with van der Waals surface area (Å²) in [5.74, 6) is -0.0336. The first-order chi connectivity index (χ1) is 20.8. The Morgan fingerprint density at radius 2 is 1.84 bits per heavy atom. The second-order valence-electron chi connectivity index (χ2n) is 12.8. The van der Waals surface area contributed by atoms with Gasteiger partial charge in [-0.1, -0.05) is 23.7 Å². The van der Waals surface area contributed by atoms with Crippen LogP contribution in [0.15, 0.2) is 48.5 Å². The van der Waals surface area contributed by atoms with Crippen molar-refractivity contribution in [2.45, 2.75) is 51.9 Å². The number of carboxylic acid groups (broad SMARTS) is 1. The van der Waals surface area contributed by atoms with Crippen LogP contribution in [-0.4, -0.2) is 69.6 Å². The van der Waals surface area contributed by atoms with E-state index < -0.39 is 17.7 Å². The highest BCUT2D eigenvalue weighted by molar-refractivity contribution is 7.22. The molecular weight excluding hydrogens is 594 g/mol. The van der Waals surface area contributed by atoms with Gasteiger partial charge >= 0.3 is 5.97 Å². The molecule has 230 valence electrons. The maximum Gasteiger partial charge on any atom is 0.337 e. The predicted molar refractivity (Wildman–Crippen MR) is 180 cm³/mol. The summed E-state index contributed by atoms with van der Waals surface area (Å²) >= 11 is 7.83. The Kier molecular flexibility index (Phi) is 7.94. The number of benzene rings is 3. The summed E-state index contributed by atoms with van der Waals surface area (Å²) in [6.45, 7) is 9.45. The van der Waals surface area contributed by atoms with Crippen molar-refractivity contribution in [1.82, 2.24) is 19.7 Å². The molecule has 44 heavy (non-hydrogen) atoms. The molecule has 1 aliphatic rings. The lowest BCUT2D eigenvalue weighted by Crippen LogP contribution is -2.31. The van der Waals surface area contributed by atoms with E-state index in [4.69, 9.17) is 26.4 Å². The zero-order valence-corrected chi connectivity index (χ0v) is 27.8. The molecule has 1 fully saturated rings. The minimum absolute atomic E-state index is 0.500. The molecule has 1 N–H and O–H groups in total. The lowest BCUT2D eigenvalue weighted by molar-refractivity contribution is -0.160. The van der Waals surface area contributed by atoms with Crippen molar-refractivity contribution in [3.05, 3.63) is 64.7 Å². The van der Waals surface area contributed by atoms with Crippen LogP contribution in [0.4, 0.5) is 5.82 Å². The Bertz CT molecular complexity index is 1870. The second-order valence-corrected chi connectivity index (χ2v) is 14.3. The number of likely N-dealkylation sites (N-methyl/N-ethyl adjacent to an activating group) is 1. The normalized spacial score (nSPS) is 16.5. The molecule has 0 spiro atoms. The minimum Gasteiger partial charge on any atom is -0.479 e. The SMILES string of the molecule is Cc1cc2nc(-c3ccc4c(c3)c(N3CC[C@H](N(C)C)C3)nn4C)sc2c(-c2ccc(Cl)cc2)c1[C@H](OC(C)(C)C)C(=O)O.